The minimum Gasteiger partial charge on any atom is -0.467 e. The van der Waals surface area contributed by atoms with Crippen LogP contribution in [0.25, 0.3) is 0 Å². The van der Waals surface area contributed by atoms with Gasteiger partial charge in [-0.05, 0) is 52.7 Å². The van der Waals surface area contributed by atoms with Crippen molar-refractivity contribution in [1.29, 1.82) is 0 Å². The molecule has 4 nitrogen and oxygen atoms in total. The molecule has 2 rings (SSSR count). The van der Waals surface area contributed by atoms with Crippen LogP contribution >= 0.6 is 15.9 Å². The van der Waals surface area contributed by atoms with E-state index in [2.05, 4.69) is 32.3 Å². The summed E-state index contributed by atoms with van der Waals surface area (Å²) < 4.78 is 11.7. The molecule has 5 heteroatoms. The molecule has 1 N–H and O–H groups in total. The van der Waals surface area contributed by atoms with E-state index in [1.807, 2.05) is 18.3 Å². The van der Waals surface area contributed by atoms with Crippen LogP contribution in [0.4, 0.5) is 0 Å². The van der Waals surface area contributed by atoms with Crippen LogP contribution in [0.5, 0.6) is 0 Å². The Morgan fingerprint density at radius 2 is 2.32 bits per heavy atom. The molecule has 102 valence electrons. The van der Waals surface area contributed by atoms with Gasteiger partial charge < -0.3 is 14.5 Å². The van der Waals surface area contributed by atoms with E-state index in [0.29, 0.717) is 6.61 Å². The highest BCUT2D eigenvalue weighted by atomic mass is 79.9. The summed E-state index contributed by atoms with van der Waals surface area (Å²) in [5, 5.41) is 3.36. The van der Waals surface area contributed by atoms with Gasteiger partial charge >= 0.3 is 0 Å². The van der Waals surface area contributed by atoms with E-state index in [-0.39, 0.29) is 0 Å². The molecule has 0 saturated heterocycles. The number of furan rings is 1. The van der Waals surface area contributed by atoms with Crippen molar-refractivity contribution < 1.29 is 9.15 Å². The van der Waals surface area contributed by atoms with Crippen LogP contribution in [0.3, 0.4) is 0 Å². The van der Waals surface area contributed by atoms with Gasteiger partial charge in [-0.3, -0.25) is 4.98 Å². The molecule has 0 saturated carbocycles. The molecule has 2 aromatic rings. The standard InChI is InChI=1S/C14H17BrN2O2/c15-13-7-12(9-17-10-13)8-16-4-2-5-18-11-14-3-1-6-19-14/h1,3,6-7,9-10,16H,2,4-5,8,11H2. The molecule has 0 spiro atoms. The molecular weight excluding hydrogens is 308 g/mol. The number of halogens is 1. The Morgan fingerprint density at radius 3 is 3.11 bits per heavy atom. The average molecular weight is 325 g/mol. The number of nitrogens with zero attached hydrogens (tertiary/aromatic N) is 1. The topological polar surface area (TPSA) is 47.3 Å². The van der Waals surface area contributed by atoms with E-state index in [1.54, 1.807) is 12.5 Å². The molecule has 0 aliphatic heterocycles. The maximum atomic E-state index is 5.50. The van der Waals surface area contributed by atoms with Crippen molar-refractivity contribution in [2.24, 2.45) is 0 Å². The minimum atomic E-state index is 0.544. The fourth-order valence-electron chi connectivity index (χ4n) is 1.65. The summed E-state index contributed by atoms with van der Waals surface area (Å²) in [5.41, 5.74) is 1.17. The highest BCUT2D eigenvalue weighted by Crippen LogP contribution is 2.09. The monoisotopic (exact) mass is 324 g/mol. The van der Waals surface area contributed by atoms with Gasteiger partial charge in [-0.2, -0.15) is 0 Å². The number of rotatable bonds is 8. The first-order valence-corrected chi connectivity index (χ1v) is 7.04. The lowest BCUT2D eigenvalue weighted by Gasteiger charge is -2.05. The first kappa shape index (κ1) is 14.2. The Morgan fingerprint density at radius 1 is 1.37 bits per heavy atom. The van der Waals surface area contributed by atoms with E-state index in [9.17, 15) is 0 Å². The van der Waals surface area contributed by atoms with Gasteiger partial charge in [0.25, 0.3) is 0 Å². The number of hydrogen-bond donors (Lipinski definition) is 1. The molecule has 0 aliphatic rings. The Balaban J connectivity index is 1.50. The first-order chi connectivity index (χ1) is 9.34. The van der Waals surface area contributed by atoms with E-state index >= 15 is 0 Å². The molecule has 0 atom stereocenters. The molecule has 0 aromatic carbocycles. The Bertz CT molecular complexity index is 474. The third-order valence-electron chi connectivity index (χ3n) is 2.56. The summed E-state index contributed by atoms with van der Waals surface area (Å²) in [7, 11) is 0. The molecule has 0 aliphatic carbocycles. The van der Waals surface area contributed by atoms with E-state index < -0.39 is 0 Å². The SMILES string of the molecule is Brc1cncc(CNCCCOCc2ccco2)c1. The predicted octanol–water partition coefficient (Wildman–Crippen LogP) is 3.13. The molecule has 19 heavy (non-hydrogen) atoms. The zero-order valence-electron chi connectivity index (χ0n) is 10.6. The van der Waals surface area contributed by atoms with Crippen LogP contribution in [0.15, 0.2) is 45.7 Å². The van der Waals surface area contributed by atoms with Crippen LogP contribution < -0.4 is 5.32 Å². The van der Waals surface area contributed by atoms with Gasteiger partial charge in [-0.25, -0.2) is 0 Å². The summed E-state index contributed by atoms with van der Waals surface area (Å²) >= 11 is 3.41. The lowest BCUT2D eigenvalue weighted by Crippen LogP contribution is -2.16. The van der Waals surface area contributed by atoms with Gasteiger partial charge in [0.05, 0.1) is 6.26 Å². The molecule has 0 unspecified atom stereocenters. The number of ether oxygens (including phenoxy) is 1. The molecular formula is C14H17BrN2O2. The number of pyridine rings is 1. The first-order valence-electron chi connectivity index (χ1n) is 6.25. The summed E-state index contributed by atoms with van der Waals surface area (Å²) in [6.07, 6.45) is 6.28. The Kier molecular flexibility index (Phi) is 6.07. The Labute approximate surface area is 121 Å². The third kappa shape index (κ3) is 5.55. The second kappa shape index (κ2) is 8.09. The van der Waals surface area contributed by atoms with Crippen LogP contribution in [0.1, 0.15) is 17.7 Å². The van der Waals surface area contributed by atoms with E-state index in [0.717, 1.165) is 36.4 Å². The highest BCUT2D eigenvalue weighted by Gasteiger charge is 1.96. The van der Waals surface area contributed by atoms with Crippen molar-refractivity contribution in [3.8, 4) is 0 Å². The van der Waals surface area contributed by atoms with Crippen LogP contribution in [-0.2, 0) is 17.9 Å². The fraction of sp³-hybridized carbons (Fsp3) is 0.357. The average Bonchev–Trinajstić information content (AvgIpc) is 2.91. The molecule has 0 bridgehead atoms. The smallest absolute Gasteiger partial charge is 0.129 e. The van der Waals surface area contributed by atoms with Gasteiger partial charge in [-0.1, -0.05) is 0 Å². The molecule has 0 amide bonds. The van der Waals surface area contributed by atoms with Crippen LogP contribution in [-0.4, -0.2) is 18.1 Å². The molecule has 0 fully saturated rings. The number of aromatic nitrogens is 1. The molecule has 2 heterocycles. The summed E-state index contributed by atoms with van der Waals surface area (Å²) in [4.78, 5) is 4.12. The number of nitrogens with one attached hydrogen (secondary N) is 1. The van der Waals surface area contributed by atoms with Gasteiger partial charge in [0.1, 0.15) is 12.4 Å². The van der Waals surface area contributed by atoms with Crippen molar-refractivity contribution >= 4 is 15.9 Å². The van der Waals surface area contributed by atoms with Crippen molar-refractivity contribution in [3.05, 3.63) is 52.7 Å². The van der Waals surface area contributed by atoms with Gasteiger partial charge in [0.2, 0.25) is 0 Å². The maximum absolute atomic E-state index is 5.50. The van der Waals surface area contributed by atoms with Gasteiger partial charge in [0.15, 0.2) is 0 Å². The normalized spacial score (nSPS) is 10.8. The van der Waals surface area contributed by atoms with Crippen molar-refractivity contribution in [1.82, 2.24) is 10.3 Å². The number of hydrogen-bond acceptors (Lipinski definition) is 4. The largest absolute Gasteiger partial charge is 0.467 e. The summed E-state index contributed by atoms with van der Waals surface area (Å²) in [6, 6.07) is 5.85. The van der Waals surface area contributed by atoms with Crippen LogP contribution in [0, 0.1) is 0 Å². The van der Waals surface area contributed by atoms with Crippen molar-refractivity contribution in [3.63, 3.8) is 0 Å². The minimum absolute atomic E-state index is 0.544. The molecule has 0 radical (unpaired) electrons. The van der Waals surface area contributed by atoms with Crippen molar-refractivity contribution in [2.75, 3.05) is 13.2 Å². The van der Waals surface area contributed by atoms with E-state index in [4.69, 9.17) is 9.15 Å². The maximum Gasteiger partial charge on any atom is 0.129 e. The second-order valence-electron chi connectivity index (χ2n) is 4.17. The zero-order valence-corrected chi connectivity index (χ0v) is 12.2. The quantitative estimate of drug-likeness (QED) is 0.758. The van der Waals surface area contributed by atoms with Crippen molar-refractivity contribution in [2.45, 2.75) is 19.6 Å². The van der Waals surface area contributed by atoms with Gasteiger partial charge in [0, 0.05) is 30.0 Å². The summed E-state index contributed by atoms with van der Waals surface area (Å²) in [5.74, 6) is 0.869. The third-order valence-corrected chi connectivity index (χ3v) is 2.99. The van der Waals surface area contributed by atoms with Gasteiger partial charge in [-0.15, -0.1) is 0 Å². The summed E-state index contributed by atoms with van der Waals surface area (Å²) in [6.45, 7) is 3.02. The van der Waals surface area contributed by atoms with E-state index in [1.165, 1.54) is 5.56 Å². The predicted molar refractivity (Wildman–Crippen MR) is 76.6 cm³/mol. The lowest BCUT2D eigenvalue weighted by molar-refractivity contribution is 0.104. The lowest BCUT2D eigenvalue weighted by atomic mass is 10.3. The highest BCUT2D eigenvalue weighted by molar-refractivity contribution is 9.10. The van der Waals surface area contributed by atoms with Crippen LogP contribution in [0.2, 0.25) is 0 Å². The fourth-order valence-corrected chi connectivity index (χ4v) is 2.06. The zero-order chi connectivity index (χ0) is 13.3. The second-order valence-corrected chi connectivity index (χ2v) is 5.09. The molecule has 2 aromatic heterocycles. The Hall–Kier alpha value is -1.17.